The first-order valence-corrected chi connectivity index (χ1v) is 33.5. The minimum atomic E-state index is -1.18. The second kappa shape index (κ2) is 32.8. The molecule has 0 aliphatic carbocycles. The first-order valence-electron chi connectivity index (χ1n) is 33.5. The zero-order chi connectivity index (χ0) is 67.7. The summed E-state index contributed by atoms with van der Waals surface area (Å²) in [6, 6.07) is 30.4. The molecule has 0 spiro atoms. The lowest BCUT2D eigenvalue weighted by Gasteiger charge is -2.33. The largest absolute Gasteiger partial charge is 0.444 e. The molecule has 94 heavy (non-hydrogen) atoms. The molecular formula is C72H96N10O12. The second-order valence-electron chi connectivity index (χ2n) is 27.2. The highest BCUT2D eigenvalue weighted by Gasteiger charge is 2.50. The molecule has 10 amide bonds. The number of rotatable bonds is 25. The van der Waals surface area contributed by atoms with E-state index in [-0.39, 0.29) is 74.5 Å². The molecule has 0 unspecified atom stereocenters. The van der Waals surface area contributed by atoms with Gasteiger partial charge in [0.2, 0.25) is 47.3 Å². The Morgan fingerprint density at radius 1 is 0.447 bits per heavy atom. The number of ether oxygens (including phenoxy) is 2. The molecule has 4 aromatic rings. The highest BCUT2D eigenvalue weighted by Crippen LogP contribution is 2.37. The minimum absolute atomic E-state index is 0.00723. The van der Waals surface area contributed by atoms with E-state index >= 15 is 9.59 Å². The fourth-order valence-electron chi connectivity index (χ4n) is 13.3. The highest BCUT2D eigenvalue weighted by molar-refractivity contribution is 5.96. The summed E-state index contributed by atoms with van der Waals surface area (Å²) >= 11 is 0. The van der Waals surface area contributed by atoms with Crippen LogP contribution in [0, 0.1) is 11.8 Å². The molecule has 0 bridgehead atoms. The molecule has 506 valence electrons. The number of carbonyl (C=O) groups is 10. The van der Waals surface area contributed by atoms with Crippen LogP contribution < -0.4 is 42.5 Å². The van der Waals surface area contributed by atoms with Crippen LogP contribution in [-0.4, -0.2) is 142 Å². The number of nitrogens with zero attached hydrogens (tertiary/aromatic N) is 2. The monoisotopic (exact) mass is 1290 g/mol. The van der Waals surface area contributed by atoms with E-state index in [1.165, 1.54) is 0 Å². The van der Waals surface area contributed by atoms with Gasteiger partial charge >= 0.3 is 12.2 Å². The maximum absolute atomic E-state index is 15.1. The Bertz CT molecular complexity index is 2960. The minimum Gasteiger partial charge on any atom is -0.444 e. The van der Waals surface area contributed by atoms with E-state index in [4.69, 9.17) is 9.47 Å². The van der Waals surface area contributed by atoms with Gasteiger partial charge in [-0.05, 0) is 141 Å². The Morgan fingerprint density at radius 3 is 1.05 bits per heavy atom. The molecule has 0 aromatic heterocycles. The normalized spacial score (nSPS) is 21.9. The van der Waals surface area contributed by atoms with Gasteiger partial charge in [0.25, 0.3) is 0 Å². The van der Waals surface area contributed by atoms with E-state index in [1.807, 2.05) is 121 Å². The zero-order valence-electron chi connectivity index (χ0n) is 55.6. The van der Waals surface area contributed by atoms with Gasteiger partial charge in [-0.1, -0.05) is 135 Å². The quantitative estimate of drug-likeness (QED) is 0.0296. The first-order chi connectivity index (χ1) is 44.9. The van der Waals surface area contributed by atoms with Crippen molar-refractivity contribution in [3.63, 3.8) is 0 Å². The van der Waals surface area contributed by atoms with Gasteiger partial charge in [0.15, 0.2) is 0 Å². The fraction of sp³-hybridized carbons (Fsp3) is 0.528. The summed E-state index contributed by atoms with van der Waals surface area (Å²) in [5.41, 5.74) is 1.77. The van der Waals surface area contributed by atoms with Gasteiger partial charge in [-0.3, -0.25) is 38.4 Å². The first kappa shape index (κ1) is 71.0. The Hall–Kier alpha value is -8.82. The van der Waals surface area contributed by atoms with Crippen molar-refractivity contribution in [1.29, 1.82) is 0 Å². The van der Waals surface area contributed by atoms with Crippen molar-refractivity contribution >= 4 is 59.4 Å². The number of fused-ring (bicyclic) bond motifs is 2. The van der Waals surface area contributed by atoms with Crippen LogP contribution in [0.3, 0.4) is 0 Å². The van der Waals surface area contributed by atoms with E-state index in [1.54, 1.807) is 65.2 Å². The Kier molecular flexibility index (Phi) is 24.8. The SMILES string of the molecule is CC[C@H](NC(=O)OC(C)(C)C)C(=O)N[C@@H]1C(=O)N2[C@@H](CC[C@@H]1CNC(=O)CCCCC(=O)NC[C@H]1CC[C@H]3CC[C@@H](C(=O)NC(c4ccccc4)c4ccccc4)N3C(=O)[C@H]1NC(=O)[C@H](CC)NC(=O)OC(C)(C)C)CC[C@H]2C(=O)NC(c1ccccc1)c1ccccc1. The third-order valence-electron chi connectivity index (χ3n) is 18.0. The third-order valence-corrected chi connectivity index (χ3v) is 18.0. The topological polar surface area (TPSA) is 292 Å². The second-order valence-corrected chi connectivity index (χ2v) is 27.2. The number of unbranched alkanes of at least 4 members (excludes halogenated alkanes) is 1. The molecule has 4 fully saturated rings. The van der Waals surface area contributed by atoms with Gasteiger partial charge in [0.1, 0.15) is 47.5 Å². The number of benzene rings is 4. The molecule has 22 nitrogen and oxygen atoms in total. The Morgan fingerprint density at radius 2 is 0.755 bits per heavy atom. The average Bonchev–Trinajstić information content (AvgIpc) is 1.63. The molecule has 4 aliphatic heterocycles. The van der Waals surface area contributed by atoms with Gasteiger partial charge in [-0.2, -0.15) is 0 Å². The van der Waals surface area contributed by atoms with E-state index in [0.29, 0.717) is 64.2 Å². The third kappa shape index (κ3) is 19.4. The molecule has 0 saturated carbocycles. The lowest BCUT2D eigenvalue weighted by Crippen LogP contribution is -2.59. The summed E-state index contributed by atoms with van der Waals surface area (Å²) in [6.07, 6.45) is 3.17. The summed E-state index contributed by atoms with van der Waals surface area (Å²) in [6.45, 7) is 13.7. The van der Waals surface area contributed by atoms with E-state index in [0.717, 1.165) is 22.3 Å². The van der Waals surface area contributed by atoms with Crippen LogP contribution in [0.4, 0.5) is 9.59 Å². The number of amides is 10. The van der Waals surface area contributed by atoms with Gasteiger partial charge in [-0.15, -0.1) is 0 Å². The predicted molar refractivity (Wildman–Crippen MR) is 354 cm³/mol. The van der Waals surface area contributed by atoms with Crippen molar-refractivity contribution in [3.05, 3.63) is 144 Å². The van der Waals surface area contributed by atoms with Crippen molar-refractivity contribution in [1.82, 2.24) is 52.3 Å². The van der Waals surface area contributed by atoms with E-state index in [9.17, 15) is 38.4 Å². The summed E-state index contributed by atoms with van der Waals surface area (Å²) in [4.78, 5) is 144. The molecule has 0 radical (unpaired) electrons. The van der Waals surface area contributed by atoms with Crippen molar-refractivity contribution in [2.24, 2.45) is 11.8 Å². The van der Waals surface area contributed by atoms with Crippen molar-refractivity contribution in [2.45, 2.75) is 217 Å². The van der Waals surface area contributed by atoms with Gasteiger partial charge < -0.3 is 61.8 Å². The van der Waals surface area contributed by atoms with E-state index < -0.39 is 107 Å². The summed E-state index contributed by atoms with van der Waals surface area (Å²) in [7, 11) is 0. The van der Waals surface area contributed by atoms with Crippen LogP contribution in [0.5, 0.6) is 0 Å². The molecular weight excluding hydrogens is 1200 g/mol. The van der Waals surface area contributed by atoms with Crippen LogP contribution in [0.1, 0.15) is 180 Å². The molecule has 4 saturated heterocycles. The lowest BCUT2D eigenvalue weighted by atomic mass is 9.92. The van der Waals surface area contributed by atoms with Gasteiger partial charge in [0.05, 0.1) is 12.1 Å². The maximum atomic E-state index is 15.1. The van der Waals surface area contributed by atoms with Gasteiger partial charge in [-0.25, -0.2) is 9.59 Å². The van der Waals surface area contributed by atoms with Crippen LogP contribution >= 0.6 is 0 Å². The number of hydrogen-bond acceptors (Lipinski definition) is 12. The van der Waals surface area contributed by atoms with Gasteiger partial charge in [0, 0.05) is 49.9 Å². The van der Waals surface area contributed by atoms with Crippen LogP contribution in [0.15, 0.2) is 121 Å². The Balaban J connectivity index is 0.904. The zero-order valence-corrected chi connectivity index (χ0v) is 55.6. The molecule has 8 rings (SSSR count). The fourth-order valence-corrected chi connectivity index (χ4v) is 13.3. The van der Waals surface area contributed by atoms with Crippen LogP contribution in [0.2, 0.25) is 0 Å². The molecule has 4 aliphatic rings. The van der Waals surface area contributed by atoms with Crippen molar-refractivity contribution < 1.29 is 57.4 Å². The number of alkyl carbamates (subject to hydrolysis) is 2. The smallest absolute Gasteiger partial charge is 0.408 e. The lowest BCUT2D eigenvalue weighted by molar-refractivity contribution is -0.144. The number of hydrogen-bond donors (Lipinski definition) is 8. The summed E-state index contributed by atoms with van der Waals surface area (Å²) in [5.74, 6) is -4.74. The molecule has 22 heteroatoms. The summed E-state index contributed by atoms with van der Waals surface area (Å²) in [5, 5.41) is 23.5. The number of carbonyl (C=O) groups excluding carboxylic acids is 10. The predicted octanol–water partition coefficient (Wildman–Crippen LogP) is 7.71. The van der Waals surface area contributed by atoms with Crippen LogP contribution in [-0.2, 0) is 47.8 Å². The molecule has 4 heterocycles. The Labute approximate surface area is 552 Å². The molecule has 8 N–H and O–H groups in total. The van der Waals surface area contributed by atoms with Crippen LogP contribution in [0.25, 0.3) is 0 Å². The number of nitrogens with one attached hydrogen (secondary N) is 8. The summed E-state index contributed by atoms with van der Waals surface area (Å²) < 4.78 is 10.9. The highest BCUT2D eigenvalue weighted by atomic mass is 16.6. The molecule has 4 aromatic carbocycles. The van der Waals surface area contributed by atoms with Crippen molar-refractivity contribution in [2.75, 3.05) is 13.1 Å². The van der Waals surface area contributed by atoms with E-state index in [2.05, 4.69) is 42.5 Å². The average molecular weight is 1290 g/mol. The molecule has 10 atom stereocenters. The maximum Gasteiger partial charge on any atom is 0.408 e. The standard InChI is InChI=1S/C72H96N10O12/c1-9-53(75-69(91)93-71(3,4)5)63(85)79-61-49(35-37-51-39-41-55(81(51)67(61)89)65(87)77-59(45-25-15-11-16-26-45)46-27-17-12-18-28-46)43-73-57(83)33-23-24-34-58(84)74-44-50-36-38-52-40-42-56(66(88)78-60(47-29-19-13-20-30-47)48-31-21-14-22-32-48)82(52)68(90)62(50)80-64(86)54(10-2)76-70(92)94-72(6,7)8/h11-22,25-32,49-56,59-62H,9-10,23-24,33-44H2,1-8H3,(H,73,83)(H,74,84)(H,75,91)(H,76,92)(H,77,87)(H,78,88)(H,79,85)(H,80,86)/t49-,50-,51+,52+,53+,54+,55+,56+,61+,62+/m1/s1. The van der Waals surface area contributed by atoms with Crippen molar-refractivity contribution in [3.8, 4) is 0 Å².